The van der Waals surface area contributed by atoms with Crippen molar-refractivity contribution >= 4 is 21.8 Å². The second kappa shape index (κ2) is 11.1. The largest absolute Gasteiger partial charge is 0.349 e. The highest BCUT2D eigenvalue weighted by atomic mass is 32.2. The van der Waals surface area contributed by atoms with Crippen LogP contribution in [0.15, 0.2) is 65.8 Å². The molecule has 2 aromatic carbocycles. The first-order valence-electron chi connectivity index (χ1n) is 12.7. The summed E-state index contributed by atoms with van der Waals surface area (Å²) in [5.74, 6) is -0.897. The molecule has 2 amide bonds. The molecule has 0 spiro atoms. The molecule has 0 bridgehead atoms. The van der Waals surface area contributed by atoms with E-state index in [0.29, 0.717) is 0 Å². The lowest BCUT2D eigenvalue weighted by Crippen LogP contribution is -2.51. The molecule has 2 aromatic rings. The standard InChI is InChI=1S/C28H36N4O4S/c1-28(2,3)19-29-18-20-12-13-23-21(16-20)8-7-11-24(23)31-26(33)17-25-27(34)30-14-15-32(25)37(35,36)22-9-5-4-6-10-22/h4-6,9-10,12-16,24-25,29H,7-8,11,17-19H2,1-3H3,(H,30,34)(H,31,33)/t24-,25-/m1/s1. The van der Waals surface area contributed by atoms with E-state index in [9.17, 15) is 18.0 Å². The normalized spacial score (nSPS) is 19.8. The molecule has 0 unspecified atom stereocenters. The van der Waals surface area contributed by atoms with Crippen molar-refractivity contribution in [1.29, 1.82) is 0 Å². The Morgan fingerprint density at radius 1 is 1.14 bits per heavy atom. The summed E-state index contributed by atoms with van der Waals surface area (Å²) in [4.78, 5) is 25.8. The van der Waals surface area contributed by atoms with Gasteiger partial charge in [-0.1, -0.05) is 57.2 Å². The minimum atomic E-state index is -3.99. The zero-order valence-corrected chi connectivity index (χ0v) is 22.5. The van der Waals surface area contributed by atoms with Gasteiger partial charge in [0, 0.05) is 25.5 Å². The average Bonchev–Trinajstić information content (AvgIpc) is 2.85. The van der Waals surface area contributed by atoms with Crippen molar-refractivity contribution in [1.82, 2.24) is 20.3 Å². The zero-order chi connectivity index (χ0) is 26.6. The van der Waals surface area contributed by atoms with E-state index >= 15 is 0 Å². The fraction of sp³-hybridized carbons (Fsp3) is 0.429. The minimum Gasteiger partial charge on any atom is -0.349 e. The summed E-state index contributed by atoms with van der Waals surface area (Å²) in [5.41, 5.74) is 3.73. The number of carbonyl (C=O) groups excluding carboxylic acids is 2. The summed E-state index contributed by atoms with van der Waals surface area (Å²) >= 11 is 0. The van der Waals surface area contributed by atoms with Gasteiger partial charge in [0.15, 0.2) is 0 Å². The number of amides is 2. The van der Waals surface area contributed by atoms with Gasteiger partial charge in [-0.25, -0.2) is 8.42 Å². The van der Waals surface area contributed by atoms with Gasteiger partial charge in [-0.2, -0.15) is 0 Å². The fourth-order valence-corrected chi connectivity index (χ4v) is 6.26. The van der Waals surface area contributed by atoms with Crippen molar-refractivity contribution in [3.8, 4) is 0 Å². The zero-order valence-electron chi connectivity index (χ0n) is 21.7. The lowest BCUT2D eigenvalue weighted by atomic mass is 9.86. The van der Waals surface area contributed by atoms with E-state index in [1.807, 2.05) is 0 Å². The minimum absolute atomic E-state index is 0.0637. The Balaban J connectivity index is 1.44. The maximum Gasteiger partial charge on any atom is 0.264 e. The van der Waals surface area contributed by atoms with Crippen LogP contribution in [0.3, 0.4) is 0 Å². The molecule has 0 radical (unpaired) electrons. The van der Waals surface area contributed by atoms with Gasteiger partial charge in [0.1, 0.15) is 6.04 Å². The second-order valence-corrected chi connectivity index (χ2v) is 12.7. The van der Waals surface area contributed by atoms with Crippen LogP contribution in [-0.4, -0.2) is 37.1 Å². The molecular weight excluding hydrogens is 488 g/mol. The van der Waals surface area contributed by atoms with Crippen LogP contribution in [-0.2, 0) is 32.6 Å². The van der Waals surface area contributed by atoms with Gasteiger partial charge < -0.3 is 16.0 Å². The fourth-order valence-electron chi connectivity index (χ4n) is 4.79. The van der Waals surface area contributed by atoms with Gasteiger partial charge in [0.2, 0.25) is 11.8 Å². The third-order valence-corrected chi connectivity index (χ3v) is 8.39. The average molecular weight is 525 g/mol. The van der Waals surface area contributed by atoms with Gasteiger partial charge in [0.25, 0.3) is 10.0 Å². The van der Waals surface area contributed by atoms with Gasteiger partial charge in [-0.3, -0.25) is 13.9 Å². The summed E-state index contributed by atoms with van der Waals surface area (Å²) < 4.78 is 27.4. The van der Waals surface area contributed by atoms with Crippen LogP contribution < -0.4 is 16.0 Å². The molecule has 9 heteroatoms. The number of fused-ring (bicyclic) bond motifs is 1. The Labute approximate surface area is 219 Å². The molecule has 3 N–H and O–H groups in total. The van der Waals surface area contributed by atoms with E-state index in [4.69, 9.17) is 0 Å². The van der Waals surface area contributed by atoms with Crippen LogP contribution in [0.4, 0.5) is 0 Å². The maximum absolute atomic E-state index is 13.2. The van der Waals surface area contributed by atoms with Crippen molar-refractivity contribution in [3.05, 3.63) is 77.6 Å². The van der Waals surface area contributed by atoms with Crippen molar-refractivity contribution in [2.24, 2.45) is 5.41 Å². The van der Waals surface area contributed by atoms with Crippen molar-refractivity contribution in [2.75, 3.05) is 6.54 Å². The Kier molecular flexibility index (Phi) is 8.04. The third-order valence-electron chi connectivity index (χ3n) is 6.60. The number of hydrogen-bond donors (Lipinski definition) is 3. The first-order chi connectivity index (χ1) is 17.5. The SMILES string of the molecule is CC(C)(C)CNCc1ccc2c(c1)CCC[C@H]2NC(=O)C[C@@H]1C(=O)NC=CN1S(=O)(=O)c1ccccc1. The molecule has 2 atom stereocenters. The van der Waals surface area contributed by atoms with E-state index in [2.05, 4.69) is 54.9 Å². The van der Waals surface area contributed by atoms with Gasteiger partial charge in [-0.05, 0) is 53.5 Å². The number of nitrogens with zero attached hydrogens (tertiary/aromatic N) is 1. The molecule has 0 aromatic heterocycles. The number of benzene rings is 2. The second-order valence-electron chi connectivity index (χ2n) is 10.9. The number of carbonyl (C=O) groups is 2. The Morgan fingerprint density at radius 2 is 1.89 bits per heavy atom. The highest BCUT2D eigenvalue weighted by molar-refractivity contribution is 7.89. The number of hydrogen-bond acceptors (Lipinski definition) is 5. The predicted octanol–water partition coefficient (Wildman–Crippen LogP) is 3.37. The number of sulfonamides is 1. The van der Waals surface area contributed by atoms with Crippen LogP contribution in [0, 0.1) is 5.41 Å². The van der Waals surface area contributed by atoms with E-state index in [1.54, 1.807) is 18.2 Å². The first kappa shape index (κ1) is 26.9. The van der Waals surface area contributed by atoms with E-state index in [-0.39, 0.29) is 28.7 Å². The third kappa shape index (κ3) is 6.59. The van der Waals surface area contributed by atoms with Crippen LogP contribution in [0.5, 0.6) is 0 Å². The summed E-state index contributed by atoms with van der Waals surface area (Å²) in [6.07, 6.45) is 4.99. The molecule has 1 aliphatic carbocycles. The molecule has 198 valence electrons. The van der Waals surface area contributed by atoms with Crippen LogP contribution in [0.2, 0.25) is 0 Å². The summed E-state index contributed by atoms with van der Waals surface area (Å²) in [5, 5.41) is 9.09. The van der Waals surface area contributed by atoms with Gasteiger partial charge in [0.05, 0.1) is 17.4 Å². The molecular formula is C28H36N4O4S. The molecule has 0 saturated carbocycles. The molecule has 37 heavy (non-hydrogen) atoms. The highest BCUT2D eigenvalue weighted by Gasteiger charge is 2.37. The number of aryl methyl sites for hydroxylation is 1. The lowest BCUT2D eigenvalue weighted by Gasteiger charge is -2.32. The Hall–Kier alpha value is -3.17. The first-order valence-corrected chi connectivity index (χ1v) is 14.2. The summed E-state index contributed by atoms with van der Waals surface area (Å²) in [7, 11) is -3.99. The molecule has 4 rings (SSSR count). The number of rotatable bonds is 8. The summed E-state index contributed by atoms with van der Waals surface area (Å²) in [6, 6.07) is 12.9. The van der Waals surface area contributed by atoms with E-state index in [0.717, 1.165) is 42.2 Å². The van der Waals surface area contributed by atoms with Crippen molar-refractivity contribution in [2.45, 2.75) is 70.0 Å². The lowest BCUT2D eigenvalue weighted by molar-refractivity contribution is -0.129. The van der Waals surface area contributed by atoms with Crippen LogP contribution >= 0.6 is 0 Å². The van der Waals surface area contributed by atoms with Crippen LogP contribution in [0.25, 0.3) is 0 Å². The monoisotopic (exact) mass is 524 g/mol. The van der Waals surface area contributed by atoms with Crippen molar-refractivity contribution in [3.63, 3.8) is 0 Å². The molecule has 2 aliphatic rings. The molecule has 1 aliphatic heterocycles. The quantitative estimate of drug-likeness (QED) is 0.491. The molecule has 8 nitrogen and oxygen atoms in total. The van der Waals surface area contributed by atoms with E-state index in [1.165, 1.54) is 35.7 Å². The van der Waals surface area contributed by atoms with Gasteiger partial charge in [-0.15, -0.1) is 0 Å². The topological polar surface area (TPSA) is 108 Å². The Bertz CT molecular complexity index is 1270. The molecule has 1 heterocycles. The van der Waals surface area contributed by atoms with Gasteiger partial charge >= 0.3 is 0 Å². The number of nitrogens with one attached hydrogen (secondary N) is 3. The van der Waals surface area contributed by atoms with E-state index < -0.39 is 22.0 Å². The highest BCUT2D eigenvalue weighted by Crippen LogP contribution is 2.31. The summed E-state index contributed by atoms with van der Waals surface area (Å²) in [6.45, 7) is 8.30. The smallest absolute Gasteiger partial charge is 0.264 e. The van der Waals surface area contributed by atoms with Crippen LogP contribution in [0.1, 0.15) is 62.8 Å². The van der Waals surface area contributed by atoms with Crippen molar-refractivity contribution < 1.29 is 18.0 Å². The predicted molar refractivity (Wildman–Crippen MR) is 143 cm³/mol. The molecule has 0 saturated heterocycles. The Morgan fingerprint density at radius 3 is 2.62 bits per heavy atom. The maximum atomic E-state index is 13.2. The molecule has 0 fully saturated rings.